The zero-order valence-corrected chi connectivity index (χ0v) is 11.3. The first-order chi connectivity index (χ1) is 8.38. The number of para-hydroxylation sites is 1. The molecule has 2 N–H and O–H groups in total. The van der Waals surface area contributed by atoms with Crippen LogP contribution in [0.3, 0.4) is 0 Å². The average molecular weight is 293 g/mol. The maximum absolute atomic E-state index is 12.2. The maximum atomic E-state index is 12.2. The fourth-order valence-corrected chi connectivity index (χ4v) is 2.14. The zero-order chi connectivity index (χ0) is 13.3. The normalized spacial score (nSPS) is 13.3. The standard InChI is InChI=1S/C13H15F3N2.ClH/c1-18-8-10(9-4-2-3-5-12(9)18)11(17)6-7-13(14,15)16;/h2-5,8,11H,6-7,17H2,1H3;1H/t11-;/m0./s1. The van der Waals surface area contributed by atoms with Gasteiger partial charge in [-0.2, -0.15) is 13.2 Å². The third kappa shape index (κ3) is 3.64. The van der Waals surface area contributed by atoms with Gasteiger partial charge in [-0.15, -0.1) is 12.4 Å². The van der Waals surface area contributed by atoms with Crippen LogP contribution in [0.2, 0.25) is 0 Å². The molecule has 0 aliphatic carbocycles. The molecule has 19 heavy (non-hydrogen) atoms. The van der Waals surface area contributed by atoms with Gasteiger partial charge in [-0.05, 0) is 18.1 Å². The molecule has 2 aromatic rings. The number of fused-ring (bicyclic) bond motifs is 1. The van der Waals surface area contributed by atoms with E-state index in [-0.39, 0.29) is 18.8 Å². The Morgan fingerprint density at radius 1 is 1.26 bits per heavy atom. The summed E-state index contributed by atoms with van der Waals surface area (Å²) in [6, 6.07) is 6.99. The Morgan fingerprint density at radius 3 is 2.53 bits per heavy atom. The molecule has 2 rings (SSSR count). The van der Waals surface area contributed by atoms with Crippen LogP contribution in [0.25, 0.3) is 10.9 Å². The topological polar surface area (TPSA) is 30.9 Å². The van der Waals surface area contributed by atoms with E-state index in [9.17, 15) is 13.2 Å². The molecule has 2 nitrogen and oxygen atoms in total. The van der Waals surface area contributed by atoms with Crippen molar-refractivity contribution in [2.45, 2.75) is 25.1 Å². The number of nitrogens with zero attached hydrogens (tertiary/aromatic N) is 1. The van der Waals surface area contributed by atoms with Gasteiger partial charge in [0.2, 0.25) is 0 Å². The molecule has 0 amide bonds. The lowest BCUT2D eigenvalue weighted by atomic mass is 10.0. The summed E-state index contributed by atoms with van der Waals surface area (Å²) in [5.74, 6) is 0. The first-order valence-corrected chi connectivity index (χ1v) is 5.75. The molecule has 1 atom stereocenters. The lowest BCUT2D eigenvalue weighted by Gasteiger charge is -2.12. The van der Waals surface area contributed by atoms with Gasteiger partial charge in [-0.3, -0.25) is 0 Å². The lowest BCUT2D eigenvalue weighted by molar-refractivity contribution is -0.136. The zero-order valence-electron chi connectivity index (χ0n) is 10.4. The number of aryl methyl sites for hydroxylation is 1. The molecular formula is C13H16ClF3N2. The van der Waals surface area contributed by atoms with E-state index in [0.29, 0.717) is 0 Å². The third-order valence-corrected chi connectivity index (χ3v) is 3.07. The highest BCUT2D eigenvalue weighted by Gasteiger charge is 2.28. The molecule has 106 valence electrons. The number of rotatable bonds is 3. The third-order valence-electron chi connectivity index (χ3n) is 3.07. The second-order valence-corrected chi connectivity index (χ2v) is 4.47. The Balaban J connectivity index is 0.00000180. The summed E-state index contributed by atoms with van der Waals surface area (Å²) in [5, 5.41) is 0.926. The fraction of sp³-hybridized carbons (Fsp3) is 0.385. The van der Waals surface area contributed by atoms with E-state index in [0.717, 1.165) is 16.5 Å². The van der Waals surface area contributed by atoms with E-state index in [2.05, 4.69) is 0 Å². The van der Waals surface area contributed by atoms with Crippen LogP contribution < -0.4 is 5.73 Å². The maximum Gasteiger partial charge on any atom is 0.389 e. The highest BCUT2D eigenvalue weighted by Crippen LogP contribution is 2.30. The second-order valence-electron chi connectivity index (χ2n) is 4.47. The summed E-state index contributed by atoms with van der Waals surface area (Å²) in [6.07, 6.45) is -3.27. The van der Waals surface area contributed by atoms with Crippen molar-refractivity contribution < 1.29 is 13.2 Å². The van der Waals surface area contributed by atoms with Gasteiger partial charge in [-0.1, -0.05) is 18.2 Å². The molecule has 1 aromatic carbocycles. The van der Waals surface area contributed by atoms with Crippen LogP contribution in [0.4, 0.5) is 13.2 Å². The van der Waals surface area contributed by atoms with E-state index >= 15 is 0 Å². The molecule has 0 radical (unpaired) electrons. The molecule has 0 aliphatic heterocycles. The highest BCUT2D eigenvalue weighted by molar-refractivity contribution is 5.85. The van der Waals surface area contributed by atoms with Crippen molar-refractivity contribution in [1.82, 2.24) is 4.57 Å². The van der Waals surface area contributed by atoms with Crippen molar-refractivity contribution in [1.29, 1.82) is 0 Å². The molecule has 0 fully saturated rings. The Labute approximate surface area is 115 Å². The van der Waals surface area contributed by atoms with Gasteiger partial charge in [0.25, 0.3) is 0 Å². The van der Waals surface area contributed by atoms with E-state index in [1.165, 1.54) is 0 Å². The largest absolute Gasteiger partial charge is 0.389 e. The summed E-state index contributed by atoms with van der Waals surface area (Å²) in [6.45, 7) is 0. The van der Waals surface area contributed by atoms with Gasteiger partial charge in [0.05, 0.1) is 0 Å². The van der Waals surface area contributed by atoms with E-state index in [4.69, 9.17) is 5.73 Å². The number of hydrogen-bond donors (Lipinski definition) is 1. The van der Waals surface area contributed by atoms with Crippen LogP contribution in [-0.2, 0) is 7.05 Å². The van der Waals surface area contributed by atoms with Crippen molar-refractivity contribution in [2.24, 2.45) is 12.8 Å². The molecule has 6 heteroatoms. The summed E-state index contributed by atoms with van der Waals surface area (Å²) >= 11 is 0. The molecule has 0 aliphatic rings. The number of nitrogens with two attached hydrogens (primary N) is 1. The fourth-order valence-electron chi connectivity index (χ4n) is 2.14. The molecule has 0 saturated carbocycles. The first-order valence-electron chi connectivity index (χ1n) is 5.75. The molecule has 1 heterocycles. The van der Waals surface area contributed by atoms with Gasteiger partial charge >= 0.3 is 6.18 Å². The smallest absolute Gasteiger partial charge is 0.350 e. The van der Waals surface area contributed by atoms with Crippen LogP contribution >= 0.6 is 12.4 Å². The molecule has 0 bridgehead atoms. The van der Waals surface area contributed by atoms with E-state index in [1.54, 1.807) is 0 Å². The van der Waals surface area contributed by atoms with Gasteiger partial charge < -0.3 is 10.3 Å². The highest BCUT2D eigenvalue weighted by atomic mass is 35.5. The SMILES string of the molecule is Cl.Cn1cc([C@@H](N)CCC(F)(F)F)c2ccccc21. The summed E-state index contributed by atoms with van der Waals surface area (Å²) < 4.78 is 38.5. The second kappa shape index (κ2) is 5.84. The van der Waals surface area contributed by atoms with Crippen LogP contribution in [-0.4, -0.2) is 10.7 Å². The number of benzene rings is 1. The lowest BCUT2D eigenvalue weighted by Crippen LogP contribution is -2.15. The molecule has 1 aromatic heterocycles. The first kappa shape index (κ1) is 15.9. The minimum Gasteiger partial charge on any atom is -0.350 e. The van der Waals surface area contributed by atoms with Crippen LogP contribution in [0, 0.1) is 0 Å². The summed E-state index contributed by atoms with van der Waals surface area (Å²) in [7, 11) is 1.86. The van der Waals surface area contributed by atoms with Crippen molar-refractivity contribution in [2.75, 3.05) is 0 Å². The van der Waals surface area contributed by atoms with Crippen molar-refractivity contribution in [3.63, 3.8) is 0 Å². The van der Waals surface area contributed by atoms with E-state index < -0.39 is 18.6 Å². The van der Waals surface area contributed by atoms with Crippen molar-refractivity contribution in [3.8, 4) is 0 Å². The van der Waals surface area contributed by atoms with Gasteiger partial charge in [0.1, 0.15) is 0 Å². The number of hydrogen-bond acceptors (Lipinski definition) is 1. The Bertz CT molecular complexity index is 548. The number of aromatic nitrogens is 1. The van der Waals surface area contributed by atoms with Crippen LogP contribution in [0.5, 0.6) is 0 Å². The van der Waals surface area contributed by atoms with Crippen LogP contribution in [0.15, 0.2) is 30.5 Å². The number of alkyl halides is 3. The van der Waals surface area contributed by atoms with E-state index in [1.807, 2.05) is 42.1 Å². The predicted molar refractivity (Wildman–Crippen MR) is 72.4 cm³/mol. The Hall–Kier alpha value is -1.20. The quantitative estimate of drug-likeness (QED) is 0.912. The monoisotopic (exact) mass is 292 g/mol. The molecular weight excluding hydrogens is 277 g/mol. The van der Waals surface area contributed by atoms with Crippen molar-refractivity contribution in [3.05, 3.63) is 36.0 Å². The minimum atomic E-state index is -4.15. The summed E-state index contributed by atoms with van der Waals surface area (Å²) in [4.78, 5) is 0. The molecule has 0 spiro atoms. The van der Waals surface area contributed by atoms with Gasteiger partial charge in [-0.25, -0.2) is 0 Å². The van der Waals surface area contributed by atoms with Crippen molar-refractivity contribution >= 4 is 23.3 Å². The average Bonchev–Trinajstić information content (AvgIpc) is 2.64. The number of halogens is 4. The molecule has 0 unspecified atom stereocenters. The van der Waals surface area contributed by atoms with Crippen LogP contribution in [0.1, 0.15) is 24.4 Å². The minimum absolute atomic E-state index is 0. The van der Waals surface area contributed by atoms with Gasteiger partial charge in [0.15, 0.2) is 0 Å². The predicted octanol–water partition coefficient (Wildman–Crippen LogP) is 3.94. The Morgan fingerprint density at radius 2 is 1.89 bits per heavy atom. The van der Waals surface area contributed by atoms with Gasteiger partial charge in [0, 0.05) is 36.6 Å². The molecule has 0 saturated heterocycles. The Kier molecular flexibility index (Phi) is 4.87. The summed E-state index contributed by atoms with van der Waals surface area (Å²) in [5.41, 5.74) is 7.63.